The topological polar surface area (TPSA) is 55.4 Å². The maximum Gasteiger partial charge on any atom is 0.240 e. The largest absolute Gasteiger partial charge is 0.380 e. The highest BCUT2D eigenvalue weighted by Crippen LogP contribution is 2.12. The summed E-state index contributed by atoms with van der Waals surface area (Å²) in [5.41, 5.74) is 0. The lowest BCUT2D eigenvalue weighted by Gasteiger charge is -2.22. The molecular formula is C11H15NO3S. The average molecular weight is 241 g/mol. The summed E-state index contributed by atoms with van der Waals surface area (Å²) >= 11 is 0. The molecule has 1 unspecified atom stereocenters. The Morgan fingerprint density at radius 2 is 2.00 bits per heavy atom. The van der Waals surface area contributed by atoms with Crippen molar-refractivity contribution < 1.29 is 13.2 Å². The van der Waals surface area contributed by atoms with Gasteiger partial charge in [-0.25, -0.2) is 13.1 Å². The molecule has 1 fully saturated rings. The van der Waals surface area contributed by atoms with Gasteiger partial charge in [-0.15, -0.1) is 0 Å². The summed E-state index contributed by atoms with van der Waals surface area (Å²) < 4.78 is 31.8. The standard InChI is InChI=1S/C11H15NO3S/c13-16(14,11-6-2-1-3-7-11)12-10-5-4-8-15-9-10/h1-3,6-7,10,12H,4-5,8-9H2. The molecular weight excluding hydrogens is 226 g/mol. The molecule has 1 N–H and O–H groups in total. The van der Waals surface area contributed by atoms with Gasteiger partial charge in [0.15, 0.2) is 0 Å². The Labute approximate surface area is 95.7 Å². The lowest BCUT2D eigenvalue weighted by molar-refractivity contribution is 0.0774. The summed E-state index contributed by atoms with van der Waals surface area (Å²) in [6, 6.07) is 8.30. The number of hydrogen-bond donors (Lipinski definition) is 1. The molecule has 1 aromatic carbocycles. The van der Waals surface area contributed by atoms with Crippen LogP contribution in [-0.2, 0) is 14.8 Å². The van der Waals surface area contributed by atoms with Crippen molar-refractivity contribution in [2.75, 3.05) is 13.2 Å². The van der Waals surface area contributed by atoms with Crippen molar-refractivity contribution in [2.45, 2.75) is 23.8 Å². The Balaban J connectivity index is 2.08. The van der Waals surface area contributed by atoms with Crippen LogP contribution in [0.1, 0.15) is 12.8 Å². The van der Waals surface area contributed by atoms with Crippen LogP contribution in [0.3, 0.4) is 0 Å². The van der Waals surface area contributed by atoms with Crippen molar-refractivity contribution in [3.63, 3.8) is 0 Å². The van der Waals surface area contributed by atoms with Crippen LogP contribution < -0.4 is 4.72 Å². The maximum atomic E-state index is 11.9. The van der Waals surface area contributed by atoms with Crippen molar-refractivity contribution in [1.29, 1.82) is 0 Å². The van der Waals surface area contributed by atoms with Gasteiger partial charge in [0.05, 0.1) is 11.5 Å². The van der Waals surface area contributed by atoms with E-state index >= 15 is 0 Å². The summed E-state index contributed by atoms with van der Waals surface area (Å²) in [4.78, 5) is 0.306. The molecule has 0 spiro atoms. The summed E-state index contributed by atoms with van der Waals surface area (Å²) in [6.07, 6.45) is 1.74. The van der Waals surface area contributed by atoms with E-state index in [1.807, 2.05) is 0 Å². The van der Waals surface area contributed by atoms with E-state index in [0.717, 1.165) is 19.4 Å². The van der Waals surface area contributed by atoms with Gasteiger partial charge in [-0.3, -0.25) is 0 Å². The second-order valence-corrected chi connectivity index (χ2v) is 5.56. The van der Waals surface area contributed by atoms with Crippen molar-refractivity contribution in [2.24, 2.45) is 0 Å². The summed E-state index contributed by atoms with van der Waals surface area (Å²) in [6.45, 7) is 1.19. The van der Waals surface area contributed by atoms with E-state index < -0.39 is 10.0 Å². The van der Waals surface area contributed by atoms with E-state index in [4.69, 9.17) is 4.74 Å². The van der Waals surface area contributed by atoms with Crippen LogP contribution in [0, 0.1) is 0 Å². The van der Waals surface area contributed by atoms with Gasteiger partial charge in [0.2, 0.25) is 10.0 Å². The molecule has 16 heavy (non-hydrogen) atoms. The Hall–Kier alpha value is -0.910. The molecule has 0 bridgehead atoms. The van der Waals surface area contributed by atoms with Crippen molar-refractivity contribution >= 4 is 10.0 Å². The molecule has 1 aromatic rings. The first kappa shape index (κ1) is 11.6. The molecule has 0 amide bonds. The zero-order valence-corrected chi connectivity index (χ0v) is 9.74. The third-order valence-corrected chi connectivity index (χ3v) is 4.07. The molecule has 0 aliphatic carbocycles. The predicted molar refractivity (Wildman–Crippen MR) is 60.6 cm³/mol. The number of ether oxygens (including phenoxy) is 1. The maximum absolute atomic E-state index is 11.9. The van der Waals surface area contributed by atoms with Crippen molar-refractivity contribution in [3.8, 4) is 0 Å². The van der Waals surface area contributed by atoms with Gasteiger partial charge < -0.3 is 4.74 Å². The monoisotopic (exact) mass is 241 g/mol. The van der Waals surface area contributed by atoms with E-state index in [0.29, 0.717) is 11.5 Å². The second-order valence-electron chi connectivity index (χ2n) is 3.85. The third kappa shape index (κ3) is 2.81. The van der Waals surface area contributed by atoms with Gasteiger partial charge in [-0.05, 0) is 25.0 Å². The summed E-state index contributed by atoms with van der Waals surface area (Å²) in [5.74, 6) is 0. The van der Waals surface area contributed by atoms with E-state index in [2.05, 4.69) is 4.72 Å². The molecule has 1 heterocycles. The fourth-order valence-electron chi connectivity index (χ4n) is 1.72. The highest BCUT2D eigenvalue weighted by atomic mass is 32.2. The lowest BCUT2D eigenvalue weighted by Crippen LogP contribution is -2.40. The zero-order chi connectivity index (χ0) is 11.4. The second kappa shape index (κ2) is 4.95. The molecule has 4 nitrogen and oxygen atoms in total. The summed E-state index contributed by atoms with van der Waals surface area (Å²) in [7, 11) is -3.39. The fraction of sp³-hybridized carbons (Fsp3) is 0.455. The number of hydrogen-bond acceptors (Lipinski definition) is 3. The number of benzene rings is 1. The number of rotatable bonds is 3. The van der Waals surface area contributed by atoms with E-state index in [1.54, 1.807) is 30.3 Å². The molecule has 0 saturated carbocycles. The van der Waals surface area contributed by atoms with Crippen LogP contribution >= 0.6 is 0 Å². The van der Waals surface area contributed by atoms with Gasteiger partial charge in [0.1, 0.15) is 0 Å². The Morgan fingerprint density at radius 1 is 1.25 bits per heavy atom. The Morgan fingerprint density at radius 3 is 2.62 bits per heavy atom. The van der Waals surface area contributed by atoms with Crippen molar-refractivity contribution in [3.05, 3.63) is 30.3 Å². The molecule has 0 aromatic heterocycles. The van der Waals surface area contributed by atoms with E-state index in [9.17, 15) is 8.42 Å². The Kier molecular flexibility index (Phi) is 3.58. The van der Waals surface area contributed by atoms with Gasteiger partial charge >= 0.3 is 0 Å². The zero-order valence-electron chi connectivity index (χ0n) is 8.93. The molecule has 5 heteroatoms. The van der Waals surface area contributed by atoms with Crippen LogP contribution in [-0.4, -0.2) is 27.7 Å². The molecule has 1 aliphatic heterocycles. The number of sulfonamides is 1. The van der Waals surface area contributed by atoms with Gasteiger partial charge in [0.25, 0.3) is 0 Å². The molecule has 88 valence electrons. The minimum Gasteiger partial charge on any atom is -0.380 e. The summed E-state index contributed by atoms with van der Waals surface area (Å²) in [5, 5.41) is 0. The first-order valence-corrected chi connectivity index (χ1v) is 6.82. The predicted octanol–water partition coefficient (Wildman–Crippen LogP) is 1.14. The lowest BCUT2D eigenvalue weighted by atomic mass is 10.1. The van der Waals surface area contributed by atoms with Crippen LogP contribution in [0.5, 0.6) is 0 Å². The molecule has 1 atom stereocenters. The minimum absolute atomic E-state index is 0.0982. The van der Waals surface area contributed by atoms with Crippen molar-refractivity contribution in [1.82, 2.24) is 4.72 Å². The van der Waals surface area contributed by atoms with E-state index in [-0.39, 0.29) is 6.04 Å². The highest BCUT2D eigenvalue weighted by Gasteiger charge is 2.21. The quantitative estimate of drug-likeness (QED) is 0.863. The average Bonchev–Trinajstić information content (AvgIpc) is 2.31. The fourth-order valence-corrected chi connectivity index (χ4v) is 3.00. The van der Waals surface area contributed by atoms with Gasteiger partial charge in [0, 0.05) is 12.6 Å². The first-order chi connectivity index (χ1) is 7.68. The molecule has 2 rings (SSSR count). The van der Waals surface area contributed by atoms with Crippen LogP contribution in [0.15, 0.2) is 35.2 Å². The van der Waals surface area contributed by atoms with Crippen LogP contribution in [0.4, 0.5) is 0 Å². The first-order valence-electron chi connectivity index (χ1n) is 5.33. The third-order valence-electron chi connectivity index (χ3n) is 2.54. The smallest absolute Gasteiger partial charge is 0.240 e. The van der Waals surface area contributed by atoms with Gasteiger partial charge in [-0.1, -0.05) is 18.2 Å². The van der Waals surface area contributed by atoms with Crippen LogP contribution in [0.25, 0.3) is 0 Å². The molecule has 1 saturated heterocycles. The van der Waals surface area contributed by atoms with E-state index in [1.165, 1.54) is 0 Å². The highest BCUT2D eigenvalue weighted by molar-refractivity contribution is 7.89. The normalized spacial score (nSPS) is 21.9. The SMILES string of the molecule is O=S(=O)(NC1CCCOC1)c1ccccc1. The Bertz CT molecular complexity index is 424. The minimum atomic E-state index is -3.39. The number of nitrogens with one attached hydrogen (secondary N) is 1. The van der Waals surface area contributed by atoms with Gasteiger partial charge in [-0.2, -0.15) is 0 Å². The molecule has 1 aliphatic rings. The van der Waals surface area contributed by atoms with Crippen LogP contribution in [0.2, 0.25) is 0 Å². The molecule has 0 radical (unpaired) electrons.